The maximum Gasteiger partial charge on any atom is 0.204 e. The van der Waals surface area contributed by atoms with Gasteiger partial charge in [-0.15, -0.1) is 0 Å². The highest BCUT2D eigenvalue weighted by Gasteiger charge is 2.29. The van der Waals surface area contributed by atoms with Crippen LogP contribution in [-0.4, -0.2) is 38.1 Å². The second kappa shape index (κ2) is 7.50. The van der Waals surface area contributed by atoms with Gasteiger partial charge in [0.2, 0.25) is 5.43 Å². The van der Waals surface area contributed by atoms with Crippen LogP contribution >= 0.6 is 12.2 Å². The quantitative estimate of drug-likeness (QED) is 0.541. The van der Waals surface area contributed by atoms with E-state index in [1.807, 2.05) is 0 Å². The molecule has 0 aromatic heterocycles. The summed E-state index contributed by atoms with van der Waals surface area (Å²) < 4.78 is 0.520. The van der Waals surface area contributed by atoms with Crippen molar-refractivity contribution in [1.82, 2.24) is 4.90 Å². The first-order valence-corrected chi connectivity index (χ1v) is 8.42. The molecule has 0 saturated carbocycles. The van der Waals surface area contributed by atoms with Gasteiger partial charge in [-0.05, 0) is 37.9 Å². The number of nitrogens with zero attached hydrogens (tertiary/aromatic N) is 2. The van der Waals surface area contributed by atoms with Crippen LogP contribution in [0, 0.1) is 4.51 Å². The van der Waals surface area contributed by atoms with Crippen molar-refractivity contribution in [3.63, 3.8) is 0 Å². The summed E-state index contributed by atoms with van der Waals surface area (Å²) in [7, 11) is 2.05. The van der Waals surface area contributed by atoms with Gasteiger partial charge in [0.15, 0.2) is 0 Å². The molecule has 0 radical (unpaired) electrons. The molecule has 0 aliphatic carbocycles. The Morgan fingerprint density at radius 2 is 1.57 bits per heavy atom. The van der Waals surface area contributed by atoms with E-state index in [1.165, 1.54) is 6.42 Å². The number of anilines is 1. The molecule has 1 aromatic rings. The zero-order chi connectivity index (χ0) is 16.2. The highest BCUT2D eigenvalue weighted by atomic mass is 32.1. The molecule has 0 aliphatic rings. The Hall–Kier alpha value is -0.740. The van der Waals surface area contributed by atoms with E-state index >= 15 is 0 Å². The minimum absolute atomic E-state index is 0.0718. The molecule has 1 aromatic carbocycles. The van der Waals surface area contributed by atoms with Gasteiger partial charge in [-0.25, -0.2) is 0 Å². The first-order valence-electron chi connectivity index (χ1n) is 8.01. The van der Waals surface area contributed by atoms with E-state index < -0.39 is 0 Å². The summed E-state index contributed by atoms with van der Waals surface area (Å²) in [5.74, 6) is 0. The smallest absolute Gasteiger partial charge is 0.204 e. The second-order valence-electron chi connectivity index (χ2n) is 6.79. The standard InChI is InChI=1S/C17H30N2OS/c1-7-19(8-2)12-10-9-11-18(6)14-13(17(3,4)5)15(20)16(14)21/h7-12H2,1-6H3. The fourth-order valence-electron chi connectivity index (χ4n) is 2.78. The van der Waals surface area contributed by atoms with Gasteiger partial charge >= 0.3 is 0 Å². The molecule has 0 unspecified atom stereocenters. The normalized spacial score (nSPS) is 12.3. The van der Waals surface area contributed by atoms with Crippen molar-refractivity contribution in [2.45, 2.75) is 52.9 Å². The van der Waals surface area contributed by atoms with Crippen LogP contribution in [0.1, 0.15) is 53.0 Å². The third kappa shape index (κ3) is 4.36. The second-order valence-corrected chi connectivity index (χ2v) is 7.20. The van der Waals surface area contributed by atoms with E-state index in [2.05, 4.69) is 51.5 Å². The summed E-state index contributed by atoms with van der Waals surface area (Å²) in [5, 5.41) is 0. The van der Waals surface area contributed by atoms with Crippen LogP contribution in [0.3, 0.4) is 0 Å². The average Bonchev–Trinajstić information content (AvgIpc) is 2.42. The molecular formula is C17H30N2OS. The highest BCUT2D eigenvalue weighted by Crippen LogP contribution is 2.32. The fourth-order valence-corrected chi connectivity index (χ4v) is 3.14. The first kappa shape index (κ1) is 18.3. The lowest BCUT2D eigenvalue weighted by Gasteiger charge is -2.31. The number of unbranched alkanes of at least 4 members (excludes halogenated alkanes) is 1. The molecule has 0 spiro atoms. The van der Waals surface area contributed by atoms with Crippen molar-refractivity contribution < 1.29 is 0 Å². The zero-order valence-corrected chi connectivity index (χ0v) is 15.3. The van der Waals surface area contributed by atoms with Crippen LogP contribution in [0.2, 0.25) is 0 Å². The van der Waals surface area contributed by atoms with Crippen LogP contribution in [0.5, 0.6) is 0 Å². The minimum atomic E-state index is -0.121. The van der Waals surface area contributed by atoms with Crippen molar-refractivity contribution in [3.05, 3.63) is 20.3 Å². The van der Waals surface area contributed by atoms with Gasteiger partial charge < -0.3 is 9.80 Å². The average molecular weight is 311 g/mol. The van der Waals surface area contributed by atoms with Crippen molar-refractivity contribution in [1.29, 1.82) is 0 Å². The van der Waals surface area contributed by atoms with E-state index in [4.69, 9.17) is 12.2 Å². The third-order valence-electron chi connectivity index (χ3n) is 4.13. The molecule has 0 aliphatic heterocycles. The Morgan fingerprint density at radius 3 is 2.05 bits per heavy atom. The maximum atomic E-state index is 12.0. The highest BCUT2D eigenvalue weighted by molar-refractivity contribution is 7.71. The molecule has 3 nitrogen and oxygen atoms in total. The Bertz CT molecular complexity index is 519. The van der Waals surface area contributed by atoms with Crippen molar-refractivity contribution in [2.24, 2.45) is 0 Å². The van der Waals surface area contributed by atoms with Crippen molar-refractivity contribution in [3.8, 4) is 0 Å². The predicted molar refractivity (Wildman–Crippen MR) is 94.9 cm³/mol. The molecular weight excluding hydrogens is 280 g/mol. The molecule has 0 fully saturated rings. The zero-order valence-electron chi connectivity index (χ0n) is 14.5. The van der Waals surface area contributed by atoms with Crippen LogP contribution in [-0.2, 0) is 5.41 Å². The minimum Gasteiger partial charge on any atom is -0.373 e. The lowest BCUT2D eigenvalue weighted by atomic mass is 9.82. The molecule has 0 heterocycles. The predicted octanol–water partition coefficient (Wildman–Crippen LogP) is 3.51. The van der Waals surface area contributed by atoms with Crippen molar-refractivity contribution in [2.75, 3.05) is 38.1 Å². The Kier molecular flexibility index (Phi) is 6.54. The monoisotopic (exact) mass is 310 g/mol. The Balaban J connectivity index is 2.58. The van der Waals surface area contributed by atoms with Crippen LogP contribution in [0.4, 0.5) is 5.69 Å². The SMILES string of the molecule is CCN(CC)CCCCN(C)c1c(C(C)(C)C)c(=O)c1=S. The first-order chi connectivity index (χ1) is 9.73. The summed E-state index contributed by atoms with van der Waals surface area (Å²) in [6.07, 6.45) is 2.32. The summed E-state index contributed by atoms with van der Waals surface area (Å²) >= 11 is 5.25. The molecule has 120 valence electrons. The van der Waals surface area contributed by atoms with Crippen LogP contribution in [0.15, 0.2) is 4.79 Å². The molecule has 0 amide bonds. The third-order valence-corrected chi connectivity index (χ3v) is 4.51. The van der Waals surface area contributed by atoms with E-state index in [0.717, 1.165) is 43.9 Å². The summed E-state index contributed by atoms with van der Waals surface area (Å²) in [6, 6.07) is 0. The maximum absolute atomic E-state index is 12.0. The molecule has 0 saturated heterocycles. The topological polar surface area (TPSA) is 23.6 Å². The van der Waals surface area contributed by atoms with Crippen LogP contribution < -0.4 is 10.3 Å². The van der Waals surface area contributed by atoms with Gasteiger partial charge in [-0.3, -0.25) is 4.79 Å². The van der Waals surface area contributed by atoms with Gasteiger partial charge in [-0.2, -0.15) is 0 Å². The summed E-state index contributed by atoms with van der Waals surface area (Å²) in [4.78, 5) is 16.6. The van der Waals surface area contributed by atoms with Gasteiger partial charge in [0.25, 0.3) is 0 Å². The number of hydrogen-bond acceptors (Lipinski definition) is 4. The van der Waals surface area contributed by atoms with Crippen LogP contribution in [0.25, 0.3) is 0 Å². The largest absolute Gasteiger partial charge is 0.373 e. The lowest BCUT2D eigenvalue weighted by Crippen LogP contribution is -2.35. The summed E-state index contributed by atoms with van der Waals surface area (Å²) in [6.45, 7) is 15.0. The number of rotatable bonds is 8. The van der Waals surface area contributed by atoms with E-state index in [-0.39, 0.29) is 10.8 Å². The van der Waals surface area contributed by atoms with Crippen molar-refractivity contribution >= 4 is 17.9 Å². The molecule has 21 heavy (non-hydrogen) atoms. The van der Waals surface area contributed by atoms with Gasteiger partial charge in [0, 0.05) is 19.2 Å². The fraction of sp³-hybridized carbons (Fsp3) is 0.765. The Labute approximate surface area is 134 Å². The lowest BCUT2D eigenvalue weighted by molar-refractivity contribution is 0.297. The van der Waals surface area contributed by atoms with Gasteiger partial charge in [-0.1, -0.05) is 46.8 Å². The molecule has 0 N–H and O–H groups in total. The number of hydrogen-bond donors (Lipinski definition) is 0. The van der Waals surface area contributed by atoms with E-state index in [9.17, 15) is 4.79 Å². The molecule has 0 bridgehead atoms. The molecule has 0 atom stereocenters. The van der Waals surface area contributed by atoms with E-state index in [0.29, 0.717) is 4.51 Å². The van der Waals surface area contributed by atoms with Gasteiger partial charge in [0.1, 0.15) is 4.51 Å². The van der Waals surface area contributed by atoms with Gasteiger partial charge in [0.05, 0.1) is 5.69 Å². The molecule has 1 rings (SSSR count). The molecule has 4 heteroatoms. The summed E-state index contributed by atoms with van der Waals surface area (Å²) in [5.41, 5.74) is 1.86. The van der Waals surface area contributed by atoms with E-state index in [1.54, 1.807) is 0 Å². The Morgan fingerprint density at radius 1 is 1.05 bits per heavy atom.